The van der Waals surface area contributed by atoms with Crippen molar-refractivity contribution >= 4 is 21.4 Å². The standard InChI is InChI=1S/C14H17N3O5S2/c1-10-15-13(16-22-10)11-8-12(23-9-11)24(18,19)17-4-2-14(3-5-17)20-6-7-21-14/h8-9H,2-7H2,1H3. The Hall–Kier alpha value is -1.33. The lowest BCUT2D eigenvalue weighted by atomic mass is 10.1. The third-order valence-electron chi connectivity index (χ3n) is 4.25. The first kappa shape index (κ1) is 16.2. The Bertz CT molecular complexity index is 828. The first-order valence-electron chi connectivity index (χ1n) is 7.66. The van der Waals surface area contributed by atoms with Gasteiger partial charge >= 0.3 is 0 Å². The maximum absolute atomic E-state index is 12.8. The van der Waals surface area contributed by atoms with E-state index in [1.165, 1.54) is 4.31 Å². The van der Waals surface area contributed by atoms with Gasteiger partial charge in [-0.1, -0.05) is 5.16 Å². The lowest BCUT2D eigenvalue weighted by Gasteiger charge is -2.36. The Kier molecular flexibility index (Phi) is 3.96. The minimum absolute atomic E-state index is 0.282. The van der Waals surface area contributed by atoms with Gasteiger partial charge in [0.2, 0.25) is 11.7 Å². The van der Waals surface area contributed by atoms with E-state index in [1.54, 1.807) is 18.4 Å². The predicted molar refractivity (Wildman–Crippen MR) is 85.0 cm³/mol. The van der Waals surface area contributed by atoms with Crippen molar-refractivity contribution in [1.82, 2.24) is 14.4 Å². The van der Waals surface area contributed by atoms with Crippen LogP contribution in [0.1, 0.15) is 18.7 Å². The summed E-state index contributed by atoms with van der Waals surface area (Å²) in [7, 11) is -3.53. The molecule has 0 aromatic carbocycles. The second-order valence-electron chi connectivity index (χ2n) is 5.80. The number of thiophene rings is 1. The minimum Gasteiger partial charge on any atom is -0.347 e. The topological polar surface area (TPSA) is 94.8 Å². The van der Waals surface area contributed by atoms with E-state index in [1.807, 2.05) is 0 Å². The van der Waals surface area contributed by atoms with E-state index in [0.29, 0.717) is 56.4 Å². The highest BCUT2D eigenvalue weighted by Gasteiger charge is 2.42. The molecule has 0 amide bonds. The Morgan fingerprint density at radius 3 is 2.58 bits per heavy atom. The molecule has 10 heteroatoms. The number of sulfonamides is 1. The van der Waals surface area contributed by atoms with Crippen molar-refractivity contribution in [2.45, 2.75) is 29.8 Å². The quantitative estimate of drug-likeness (QED) is 0.809. The van der Waals surface area contributed by atoms with Crippen molar-refractivity contribution < 1.29 is 22.4 Å². The zero-order valence-electron chi connectivity index (χ0n) is 13.1. The Labute approximate surface area is 143 Å². The number of ether oxygens (including phenoxy) is 2. The third kappa shape index (κ3) is 2.78. The number of piperidine rings is 1. The van der Waals surface area contributed by atoms with Crippen LogP contribution in [0.25, 0.3) is 11.4 Å². The van der Waals surface area contributed by atoms with Gasteiger partial charge in [0.25, 0.3) is 10.0 Å². The zero-order chi connectivity index (χ0) is 16.8. The molecule has 0 bridgehead atoms. The number of aryl methyl sites for hydroxylation is 1. The van der Waals surface area contributed by atoms with Crippen LogP contribution in [-0.2, 0) is 19.5 Å². The van der Waals surface area contributed by atoms with Crippen molar-refractivity contribution in [3.8, 4) is 11.4 Å². The number of hydrogen-bond donors (Lipinski definition) is 0. The number of nitrogens with zero attached hydrogens (tertiary/aromatic N) is 3. The summed E-state index contributed by atoms with van der Waals surface area (Å²) < 4.78 is 43.7. The van der Waals surface area contributed by atoms with Crippen LogP contribution in [0.3, 0.4) is 0 Å². The summed E-state index contributed by atoms with van der Waals surface area (Å²) >= 11 is 1.16. The molecule has 1 spiro atoms. The Morgan fingerprint density at radius 2 is 1.96 bits per heavy atom. The maximum atomic E-state index is 12.8. The fourth-order valence-electron chi connectivity index (χ4n) is 2.97. The molecule has 0 aliphatic carbocycles. The average molecular weight is 371 g/mol. The molecule has 0 atom stereocenters. The summed E-state index contributed by atoms with van der Waals surface area (Å²) in [5.41, 5.74) is 0.645. The van der Waals surface area contributed by atoms with Crippen LogP contribution < -0.4 is 0 Å². The lowest BCUT2D eigenvalue weighted by Crippen LogP contribution is -2.47. The summed E-state index contributed by atoms with van der Waals surface area (Å²) in [6.45, 7) is 3.61. The summed E-state index contributed by atoms with van der Waals surface area (Å²) in [5.74, 6) is 0.253. The number of rotatable bonds is 3. The monoisotopic (exact) mass is 371 g/mol. The van der Waals surface area contributed by atoms with Gasteiger partial charge in [0.15, 0.2) is 5.79 Å². The normalized spacial score (nSPS) is 21.5. The molecule has 2 saturated heterocycles. The first-order valence-corrected chi connectivity index (χ1v) is 9.98. The second kappa shape index (κ2) is 5.88. The van der Waals surface area contributed by atoms with Gasteiger partial charge in [-0.2, -0.15) is 9.29 Å². The smallest absolute Gasteiger partial charge is 0.252 e. The van der Waals surface area contributed by atoms with Crippen LogP contribution in [0.4, 0.5) is 0 Å². The van der Waals surface area contributed by atoms with Gasteiger partial charge in [0, 0.05) is 43.8 Å². The highest BCUT2D eigenvalue weighted by Crippen LogP contribution is 2.35. The van der Waals surface area contributed by atoms with E-state index in [2.05, 4.69) is 10.1 Å². The van der Waals surface area contributed by atoms with E-state index >= 15 is 0 Å². The molecule has 2 aromatic rings. The van der Waals surface area contributed by atoms with Gasteiger partial charge in [0.05, 0.1) is 13.2 Å². The van der Waals surface area contributed by atoms with Gasteiger partial charge in [-0.15, -0.1) is 11.3 Å². The molecule has 2 aliphatic heterocycles. The van der Waals surface area contributed by atoms with Crippen LogP contribution in [0.2, 0.25) is 0 Å². The molecule has 8 nitrogen and oxygen atoms in total. The molecule has 2 fully saturated rings. The Balaban J connectivity index is 1.52. The molecule has 4 heterocycles. The van der Waals surface area contributed by atoms with Crippen LogP contribution in [0.5, 0.6) is 0 Å². The fraction of sp³-hybridized carbons (Fsp3) is 0.571. The molecule has 0 N–H and O–H groups in total. The van der Waals surface area contributed by atoms with Crippen molar-refractivity contribution in [2.24, 2.45) is 0 Å². The van der Waals surface area contributed by atoms with Crippen LogP contribution in [-0.4, -0.2) is 55.0 Å². The Morgan fingerprint density at radius 1 is 1.25 bits per heavy atom. The summed E-state index contributed by atoms with van der Waals surface area (Å²) in [5, 5.41) is 5.55. The maximum Gasteiger partial charge on any atom is 0.252 e. The molecule has 2 aromatic heterocycles. The highest BCUT2D eigenvalue weighted by molar-refractivity contribution is 7.91. The van der Waals surface area contributed by atoms with Crippen molar-refractivity contribution in [3.05, 3.63) is 17.3 Å². The summed E-state index contributed by atoms with van der Waals surface area (Å²) in [4.78, 5) is 4.12. The number of aromatic nitrogens is 2. The molecular formula is C14H17N3O5S2. The number of hydrogen-bond acceptors (Lipinski definition) is 8. The van der Waals surface area contributed by atoms with Gasteiger partial charge < -0.3 is 14.0 Å². The van der Waals surface area contributed by atoms with Crippen molar-refractivity contribution in [2.75, 3.05) is 26.3 Å². The summed E-state index contributed by atoms with van der Waals surface area (Å²) in [6.07, 6.45) is 1.10. The molecule has 4 rings (SSSR count). The van der Waals surface area contributed by atoms with E-state index in [9.17, 15) is 8.42 Å². The van der Waals surface area contributed by atoms with Gasteiger partial charge in [0.1, 0.15) is 4.21 Å². The summed E-state index contributed by atoms with van der Waals surface area (Å²) in [6, 6.07) is 1.59. The lowest BCUT2D eigenvalue weighted by molar-refractivity contribution is -0.179. The van der Waals surface area contributed by atoms with Crippen LogP contribution in [0, 0.1) is 6.92 Å². The average Bonchev–Trinajstić information content (AvgIpc) is 3.28. The molecule has 130 valence electrons. The van der Waals surface area contributed by atoms with E-state index < -0.39 is 15.8 Å². The van der Waals surface area contributed by atoms with Gasteiger partial charge in [-0.05, 0) is 6.07 Å². The molecule has 24 heavy (non-hydrogen) atoms. The van der Waals surface area contributed by atoms with Crippen LogP contribution >= 0.6 is 11.3 Å². The molecule has 2 aliphatic rings. The zero-order valence-corrected chi connectivity index (χ0v) is 14.7. The molecule has 0 saturated carbocycles. The fourth-order valence-corrected chi connectivity index (χ4v) is 5.72. The van der Waals surface area contributed by atoms with Gasteiger partial charge in [-0.3, -0.25) is 0 Å². The van der Waals surface area contributed by atoms with Gasteiger partial charge in [-0.25, -0.2) is 8.42 Å². The van der Waals surface area contributed by atoms with Crippen molar-refractivity contribution in [3.63, 3.8) is 0 Å². The van der Waals surface area contributed by atoms with E-state index in [0.717, 1.165) is 11.3 Å². The third-order valence-corrected chi connectivity index (χ3v) is 7.57. The molecule has 0 radical (unpaired) electrons. The molecule has 0 unspecified atom stereocenters. The predicted octanol–water partition coefficient (Wildman–Crippen LogP) is 1.63. The van der Waals surface area contributed by atoms with E-state index in [4.69, 9.17) is 14.0 Å². The van der Waals surface area contributed by atoms with Crippen molar-refractivity contribution in [1.29, 1.82) is 0 Å². The van der Waals surface area contributed by atoms with E-state index in [-0.39, 0.29) is 4.21 Å². The SMILES string of the molecule is Cc1nc(-c2csc(S(=O)(=O)N3CCC4(CC3)OCCO4)c2)no1. The van der Waals surface area contributed by atoms with Crippen LogP contribution in [0.15, 0.2) is 20.2 Å². The second-order valence-corrected chi connectivity index (χ2v) is 8.88. The largest absolute Gasteiger partial charge is 0.347 e. The minimum atomic E-state index is -3.53. The first-order chi connectivity index (χ1) is 11.5. The molecular weight excluding hydrogens is 354 g/mol. The highest BCUT2D eigenvalue weighted by atomic mass is 32.2.